The summed E-state index contributed by atoms with van der Waals surface area (Å²) in [6.45, 7) is 2.30. The Morgan fingerprint density at radius 3 is 2.46 bits per heavy atom. The molecule has 2 aromatic rings. The zero-order valence-corrected chi connectivity index (χ0v) is 20.7. The number of benzene rings is 1. The first-order valence-electron chi connectivity index (χ1n) is 12.8. The third kappa shape index (κ3) is 5.75. The van der Waals surface area contributed by atoms with Gasteiger partial charge in [0.05, 0.1) is 6.04 Å². The van der Waals surface area contributed by atoms with Crippen molar-refractivity contribution in [3.63, 3.8) is 0 Å². The molecule has 8 heteroatoms. The Labute approximate surface area is 207 Å². The largest absolute Gasteiger partial charge is 0.348 e. The second kappa shape index (κ2) is 11.5. The normalized spacial score (nSPS) is 20.3. The monoisotopic (exact) mass is 479 g/mol. The molecule has 188 valence electrons. The highest BCUT2D eigenvalue weighted by atomic mass is 16.2. The van der Waals surface area contributed by atoms with Crippen molar-refractivity contribution in [3.8, 4) is 11.1 Å². The van der Waals surface area contributed by atoms with Crippen LogP contribution in [0.3, 0.4) is 0 Å². The molecule has 1 aromatic carbocycles. The maximum Gasteiger partial charge on any atom is 0.248 e. The Hall–Kier alpha value is -3.13. The van der Waals surface area contributed by atoms with Gasteiger partial charge in [0.2, 0.25) is 17.7 Å². The van der Waals surface area contributed by atoms with Gasteiger partial charge in [-0.15, -0.1) is 0 Å². The fourth-order valence-corrected chi connectivity index (χ4v) is 5.28. The van der Waals surface area contributed by atoms with Crippen molar-refractivity contribution in [1.29, 1.82) is 0 Å². The van der Waals surface area contributed by atoms with Crippen LogP contribution >= 0.6 is 0 Å². The Morgan fingerprint density at radius 2 is 1.74 bits per heavy atom. The average molecular weight is 480 g/mol. The number of likely N-dealkylation sites (N-methyl/N-ethyl adjacent to an activating group) is 1. The van der Waals surface area contributed by atoms with E-state index in [9.17, 15) is 14.4 Å². The second-order valence-electron chi connectivity index (χ2n) is 9.71. The van der Waals surface area contributed by atoms with Crippen LogP contribution in [-0.4, -0.2) is 59.3 Å². The number of H-pyrrole nitrogens is 1. The van der Waals surface area contributed by atoms with Gasteiger partial charge in [-0.05, 0) is 57.2 Å². The van der Waals surface area contributed by atoms with Crippen molar-refractivity contribution in [2.45, 2.75) is 70.0 Å². The van der Waals surface area contributed by atoms with Crippen molar-refractivity contribution in [3.05, 3.63) is 42.6 Å². The Bertz CT molecular complexity index is 1010. The molecule has 2 fully saturated rings. The predicted octanol–water partition coefficient (Wildman–Crippen LogP) is 3.28. The first-order valence-corrected chi connectivity index (χ1v) is 12.8. The van der Waals surface area contributed by atoms with E-state index >= 15 is 0 Å². The van der Waals surface area contributed by atoms with E-state index in [1.54, 1.807) is 25.1 Å². The molecule has 2 heterocycles. The average Bonchev–Trinajstić information content (AvgIpc) is 3.57. The van der Waals surface area contributed by atoms with E-state index in [1.165, 1.54) is 0 Å². The summed E-state index contributed by atoms with van der Waals surface area (Å²) in [5.74, 6) is 0.200. The number of hydrogen-bond acceptors (Lipinski definition) is 4. The number of rotatable bonds is 8. The number of aromatic nitrogens is 1. The molecule has 0 bridgehead atoms. The van der Waals surface area contributed by atoms with Crippen LogP contribution in [0.2, 0.25) is 0 Å². The van der Waals surface area contributed by atoms with E-state index in [-0.39, 0.29) is 23.6 Å². The van der Waals surface area contributed by atoms with Crippen LogP contribution in [0.5, 0.6) is 0 Å². The SMILES string of the molecule is CN[C@@H](C)C(=O)N[C@H](C(=O)N1CCCC1C(=O)Nc1[nH]ccc1-c1ccccc1)C1CCCCC1. The van der Waals surface area contributed by atoms with Crippen LogP contribution in [0.25, 0.3) is 11.1 Å². The molecule has 4 N–H and O–H groups in total. The molecule has 3 atom stereocenters. The summed E-state index contributed by atoms with van der Waals surface area (Å²) >= 11 is 0. The van der Waals surface area contributed by atoms with Gasteiger partial charge < -0.3 is 25.8 Å². The lowest BCUT2D eigenvalue weighted by Gasteiger charge is -2.35. The van der Waals surface area contributed by atoms with Gasteiger partial charge in [-0.2, -0.15) is 0 Å². The summed E-state index contributed by atoms with van der Waals surface area (Å²) in [5, 5.41) is 8.98. The lowest BCUT2D eigenvalue weighted by Crippen LogP contribution is -2.57. The van der Waals surface area contributed by atoms with Crippen molar-refractivity contribution >= 4 is 23.5 Å². The highest BCUT2D eigenvalue weighted by Gasteiger charge is 2.41. The highest BCUT2D eigenvalue weighted by Crippen LogP contribution is 2.31. The maximum absolute atomic E-state index is 13.8. The van der Waals surface area contributed by atoms with Crippen molar-refractivity contribution < 1.29 is 14.4 Å². The first kappa shape index (κ1) is 25.0. The van der Waals surface area contributed by atoms with Crippen molar-refractivity contribution in [1.82, 2.24) is 20.5 Å². The summed E-state index contributed by atoms with van der Waals surface area (Å²) in [6.07, 6.45) is 8.28. The van der Waals surface area contributed by atoms with Gasteiger partial charge in [-0.3, -0.25) is 14.4 Å². The maximum atomic E-state index is 13.8. The van der Waals surface area contributed by atoms with E-state index in [0.29, 0.717) is 18.8 Å². The number of anilines is 1. The standard InChI is InChI=1S/C27H37N5O3/c1-18(28-2)25(33)30-23(20-12-7-4-8-13-20)27(35)32-17-9-14-22(32)26(34)31-24-21(15-16-29-24)19-10-5-3-6-11-19/h3,5-6,10-11,15-16,18,20,22-23,28-29H,4,7-9,12-14,17H2,1-2H3,(H,30,33)(H,31,34)/t18-,22?,23-/m0/s1. The Morgan fingerprint density at radius 1 is 1.00 bits per heavy atom. The highest BCUT2D eigenvalue weighted by molar-refractivity contribution is 6.00. The van der Waals surface area contributed by atoms with E-state index < -0.39 is 18.1 Å². The number of carbonyl (C=O) groups is 3. The number of nitrogens with zero attached hydrogens (tertiary/aromatic N) is 1. The van der Waals surface area contributed by atoms with E-state index in [0.717, 1.165) is 49.7 Å². The van der Waals surface area contributed by atoms with E-state index in [2.05, 4.69) is 20.9 Å². The third-order valence-corrected chi connectivity index (χ3v) is 7.43. The van der Waals surface area contributed by atoms with Crippen LogP contribution in [0, 0.1) is 5.92 Å². The van der Waals surface area contributed by atoms with Gasteiger partial charge in [-0.1, -0.05) is 49.6 Å². The molecule has 0 spiro atoms. The lowest BCUT2D eigenvalue weighted by molar-refractivity contribution is -0.142. The van der Waals surface area contributed by atoms with Crippen LogP contribution in [0.15, 0.2) is 42.6 Å². The summed E-state index contributed by atoms with van der Waals surface area (Å²) < 4.78 is 0. The molecule has 3 amide bonds. The van der Waals surface area contributed by atoms with Gasteiger partial charge in [0.15, 0.2) is 0 Å². The smallest absolute Gasteiger partial charge is 0.248 e. The van der Waals surface area contributed by atoms with Gasteiger partial charge in [0.1, 0.15) is 17.9 Å². The van der Waals surface area contributed by atoms with Crippen molar-refractivity contribution in [2.75, 3.05) is 18.9 Å². The minimum atomic E-state index is -0.600. The number of amides is 3. The Kier molecular flexibility index (Phi) is 8.23. The van der Waals surface area contributed by atoms with Crippen LogP contribution in [-0.2, 0) is 14.4 Å². The summed E-state index contributed by atoms with van der Waals surface area (Å²) in [4.78, 5) is 44.7. The molecule has 4 rings (SSSR count). The predicted molar refractivity (Wildman–Crippen MR) is 137 cm³/mol. The number of nitrogens with one attached hydrogen (secondary N) is 4. The molecule has 1 aliphatic heterocycles. The summed E-state index contributed by atoms with van der Waals surface area (Å²) in [5.41, 5.74) is 1.91. The molecule has 2 aliphatic rings. The zero-order chi connectivity index (χ0) is 24.8. The lowest BCUT2D eigenvalue weighted by atomic mass is 9.83. The molecule has 35 heavy (non-hydrogen) atoms. The molecule has 1 unspecified atom stereocenters. The fraction of sp³-hybridized carbons (Fsp3) is 0.519. The quantitative estimate of drug-likeness (QED) is 0.466. The van der Waals surface area contributed by atoms with Gasteiger partial charge in [0, 0.05) is 18.3 Å². The first-order chi connectivity index (χ1) is 17.0. The van der Waals surface area contributed by atoms with Gasteiger partial charge in [-0.25, -0.2) is 0 Å². The third-order valence-electron chi connectivity index (χ3n) is 7.43. The zero-order valence-electron chi connectivity index (χ0n) is 20.7. The number of aromatic amines is 1. The summed E-state index contributed by atoms with van der Waals surface area (Å²) in [7, 11) is 1.73. The molecule has 1 saturated heterocycles. The minimum absolute atomic E-state index is 0.0988. The topological polar surface area (TPSA) is 106 Å². The molecule has 0 radical (unpaired) electrons. The molecular weight excluding hydrogens is 442 g/mol. The molecular formula is C27H37N5O3. The number of likely N-dealkylation sites (tertiary alicyclic amines) is 1. The van der Waals surface area contributed by atoms with Crippen LogP contribution < -0.4 is 16.0 Å². The van der Waals surface area contributed by atoms with Crippen LogP contribution in [0.1, 0.15) is 51.9 Å². The van der Waals surface area contributed by atoms with Crippen LogP contribution in [0.4, 0.5) is 5.82 Å². The molecule has 1 aromatic heterocycles. The van der Waals surface area contributed by atoms with E-state index in [1.807, 2.05) is 36.4 Å². The van der Waals surface area contributed by atoms with E-state index in [4.69, 9.17) is 0 Å². The van der Waals surface area contributed by atoms with Gasteiger partial charge in [0.25, 0.3) is 0 Å². The Balaban J connectivity index is 1.50. The molecule has 1 saturated carbocycles. The fourth-order valence-electron chi connectivity index (χ4n) is 5.28. The minimum Gasteiger partial charge on any atom is -0.348 e. The molecule has 8 nitrogen and oxygen atoms in total. The number of carbonyl (C=O) groups excluding carboxylic acids is 3. The second-order valence-corrected chi connectivity index (χ2v) is 9.71. The van der Waals surface area contributed by atoms with Crippen molar-refractivity contribution in [2.24, 2.45) is 5.92 Å². The number of hydrogen-bond donors (Lipinski definition) is 4. The van der Waals surface area contributed by atoms with Gasteiger partial charge >= 0.3 is 0 Å². The molecule has 1 aliphatic carbocycles. The summed E-state index contributed by atoms with van der Waals surface area (Å²) in [6, 6.07) is 10.2.